The molecule has 0 bridgehead atoms. The molecule has 0 unspecified atom stereocenters. The Hall–Kier alpha value is -2.25. The number of benzene rings is 1. The number of halogens is 1. The number of aliphatic hydroxyl groups is 1. The van der Waals surface area contributed by atoms with Crippen molar-refractivity contribution in [2.24, 2.45) is 0 Å². The van der Waals surface area contributed by atoms with Crippen LogP contribution in [0.25, 0.3) is 0 Å². The predicted molar refractivity (Wildman–Crippen MR) is 101 cm³/mol. The Kier molecular flexibility index (Phi) is 5.73. The highest BCUT2D eigenvalue weighted by molar-refractivity contribution is 5.91. The van der Waals surface area contributed by atoms with Crippen molar-refractivity contribution in [3.05, 3.63) is 53.2 Å². The van der Waals surface area contributed by atoms with Crippen LogP contribution in [0.3, 0.4) is 0 Å². The van der Waals surface area contributed by atoms with Crippen molar-refractivity contribution in [1.82, 2.24) is 15.0 Å². The van der Waals surface area contributed by atoms with Crippen molar-refractivity contribution >= 4 is 5.91 Å². The Bertz CT molecular complexity index is 817. The Morgan fingerprint density at radius 2 is 2.04 bits per heavy atom. The maximum absolute atomic E-state index is 13.3. The molecule has 1 N–H and O–H groups in total. The van der Waals surface area contributed by atoms with Gasteiger partial charge in [0, 0.05) is 31.6 Å². The van der Waals surface area contributed by atoms with Crippen LogP contribution >= 0.6 is 0 Å². The Labute approximate surface area is 163 Å². The largest absolute Gasteiger partial charge is 0.391 e. The number of hydrogen-bond donors (Lipinski definition) is 1. The molecule has 150 valence electrons. The van der Waals surface area contributed by atoms with Crippen molar-refractivity contribution in [1.29, 1.82) is 0 Å². The SMILES string of the molecule is O=C(c1cc(C2CCN(Cc3cccc(F)c3)CC2)no1)N1CCC[C@H](O)C1. The van der Waals surface area contributed by atoms with E-state index in [1.807, 2.05) is 6.07 Å². The molecule has 0 spiro atoms. The Balaban J connectivity index is 1.32. The number of amides is 1. The molecule has 4 rings (SSSR count). The number of likely N-dealkylation sites (tertiary alicyclic amines) is 2. The van der Waals surface area contributed by atoms with Crippen molar-refractivity contribution in [3.63, 3.8) is 0 Å². The Morgan fingerprint density at radius 3 is 2.79 bits per heavy atom. The average Bonchev–Trinajstić information content (AvgIpc) is 3.18. The summed E-state index contributed by atoms with van der Waals surface area (Å²) in [6.45, 7) is 3.54. The fraction of sp³-hybridized carbons (Fsp3) is 0.524. The molecule has 7 heteroatoms. The van der Waals surface area contributed by atoms with Gasteiger partial charge in [0.2, 0.25) is 5.76 Å². The minimum atomic E-state index is -0.456. The van der Waals surface area contributed by atoms with Crippen LogP contribution in [0.15, 0.2) is 34.9 Å². The minimum Gasteiger partial charge on any atom is -0.391 e. The molecule has 3 heterocycles. The molecule has 2 saturated heterocycles. The first-order chi connectivity index (χ1) is 13.6. The van der Waals surface area contributed by atoms with Gasteiger partial charge in [0.1, 0.15) is 5.82 Å². The first kappa shape index (κ1) is 19.1. The van der Waals surface area contributed by atoms with Gasteiger partial charge in [-0.2, -0.15) is 0 Å². The van der Waals surface area contributed by atoms with E-state index < -0.39 is 6.10 Å². The average molecular weight is 387 g/mol. The number of β-amino-alcohol motifs (C(OH)–C–C–N with tert-alkyl or cyclic N) is 1. The van der Waals surface area contributed by atoms with Gasteiger partial charge in [-0.25, -0.2) is 4.39 Å². The number of aromatic nitrogens is 1. The number of carbonyl (C=O) groups excluding carboxylic acids is 1. The zero-order valence-electron chi connectivity index (χ0n) is 15.9. The molecular weight excluding hydrogens is 361 g/mol. The summed E-state index contributed by atoms with van der Waals surface area (Å²) in [6.07, 6.45) is 2.94. The highest BCUT2D eigenvalue weighted by Crippen LogP contribution is 2.29. The van der Waals surface area contributed by atoms with Crippen LogP contribution < -0.4 is 0 Å². The van der Waals surface area contributed by atoms with Gasteiger partial charge < -0.3 is 14.5 Å². The summed E-state index contributed by atoms with van der Waals surface area (Å²) in [5.74, 6) is 0.127. The molecule has 1 atom stereocenters. The molecule has 2 aromatic rings. The van der Waals surface area contributed by atoms with E-state index in [0.717, 1.165) is 56.6 Å². The van der Waals surface area contributed by atoms with E-state index in [9.17, 15) is 14.3 Å². The third-order valence-corrected chi connectivity index (χ3v) is 5.72. The highest BCUT2D eigenvalue weighted by atomic mass is 19.1. The van der Waals surface area contributed by atoms with E-state index in [1.54, 1.807) is 23.1 Å². The summed E-state index contributed by atoms with van der Waals surface area (Å²) in [6, 6.07) is 8.49. The van der Waals surface area contributed by atoms with Crippen LogP contribution in [0.4, 0.5) is 4.39 Å². The van der Waals surface area contributed by atoms with Gasteiger partial charge in [-0.15, -0.1) is 0 Å². The monoisotopic (exact) mass is 387 g/mol. The number of aliphatic hydroxyl groups excluding tert-OH is 1. The van der Waals surface area contributed by atoms with E-state index in [-0.39, 0.29) is 23.4 Å². The summed E-state index contributed by atoms with van der Waals surface area (Å²) >= 11 is 0. The molecule has 0 aliphatic carbocycles. The second-order valence-electron chi connectivity index (χ2n) is 7.84. The lowest BCUT2D eigenvalue weighted by Crippen LogP contribution is -2.42. The number of carbonyl (C=O) groups is 1. The van der Waals surface area contributed by atoms with Gasteiger partial charge >= 0.3 is 0 Å². The molecule has 1 amide bonds. The van der Waals surface area contributed by atoms with Gasteiger partial charge in [0.15, 0.2) is 0 Å². The number of rotatable bonds is 4. The van der Waals surface area contributed by atoms with Gasteiger partial charge in [0.05, 0.1) is 11.8 Å². The van der Waals surface area contributed by atoms with Crippen LogP contribution in [0, 0.1) is 5.82 Å². The second kappa shape index (κ2) is 8.41. The summed E-state index contributed by atoms with van der Waals surface area (Å²) in [7, 11) is 0. The van der Waals surface area contributed by atoms with Crippen molar-refractivity contribution in [2.45, 2.75) is 44.2 Å². The molecule has 2 aliphatic heterocycles. The Morgan fingerprint density at radius 1 is 1.21 bits per heavy atom. The lowest BCUT2D eigenvalue weighted by atomic mass is 9.93. The fourth-order valence-corrected chi connectivity index (χ4v) is 4.16. The standard InChI is InChI=1S/C21H26FN3O3/c22-17-4-1-3-15(11-17)13-24-9-6-16(7-10-24)19-12-20(28-23-19)21(27)25-8-2-5-18(26)14-25/h1,3-4,11-12,16,18,26H,2,5-10,13-14H2/t18-/m0/s1. The van der Waals surface area contributed by atoms with Gasteiger partial charge in [-0.1, -0.05) is 17.3 Å². The maximum atomic E-state index is 13.3. The van der Waals surface area contributed by atoms with Crippen LogP contribution in [-0.2, 0) is 6.54 Å². The van der Waals surface area contributed by atoms with Crippen LogP contribution in [0.2, 0.25) is 0 Å². The number of piperidine rings is 2. The van der Waals surface area contributed by atoms with Crippen LogP contribution in [0.5, 0.6) is 0 Å². The third-order valence-electron chi connectivity index (χ3n) is 5.72. The highest BCUT2D eigenvalue weighted by Gasteiger charge is 2.28. The number of nitrogens with zero attached hydrogens (tertiary/aromatic N) is 3. The smallest absolute Gasteiger partial charge is 0.292 e. The quantitative estimate of drug-likeness (QED) is 0.874. The van der Waals surface area contributed by atoms with Crippen LogP contribution in [0.1, 0.15) is 53.4 Å². The fourth-order valence-electron chi connectivity index (χ4n) is 4.16. The maximum Gasteiger partial charge on any atom is 0.292 e. The van der Waals surface area contributed by atoms with Gasteiger partial charge in [-0.3, -0.25) is 9.69 Å². The van der Waals surface area contributed by atoms with E-state index in [1.165, 1.54) is 6.07 Å². The molecule has 6 nitrogen and oxygen atoms in total. The first-order valence-corrected chi connectivity index (χ1v) is 9.99. The van der Waals surface area contributed by atoms with Crippen LogP contribution in [-0.4, -0.2) is 58.3 Å². The molecule has 1 aromatic heterocycles. The summed E-state index contributed by atoms with van der Waals surface area (Å²) < 4.78 is 18.7. The summed E-state index contributed by atoms with van der Waals surface area (Å²) in [5.41, 5.74) is 1.81. The minimum absolute atomic E-state index is 0.193. The van der Waals surface area contributed by atoms with Crippen molar-refractivity contribution in [3.8, 4) is 0 Å². The molecule has 0 saturated carbocycles. The molecule has 1 aromatic carbocycles. The zero-order valence-corrected chi connectivity index (χ0v) is 15.9. The summed E-state index contributed by atoms with van der Waals surface area (Å²) in [5, 5.41) is 13.9. The van der Waals surface area contributed by atoms with E-state index in [4.69, 9.17) is 4.52 Å². The number of hydrogen-bond acceptors (Lipinski definition) is 5. The first-order valence-electron chi connectivity index (χ1n) is 9.99. The van der Waals surface area contributed by atoms with Crippen molar-refractivity contribution in [2.75, 3.05) is 26.2 Å². The zero-order chi connectivity index (χ0) is 19.5. The molecule has 28 heavy (non-hydrogen) atoms. The second-order valence-corrected chi connectivity index (χ2v) is 7.84. The lowest BCUT2D eigenvalue weighted by Gasteiger charge is -2.31. The third kappa shape index (κ3) is 4.42. The van der Waals surface area contributed by atoms with Gasteiger partial charge in [-0.05, 0) is 56.5 Å². The van der Waals surface area contributed by atoms with Gasteiger partial charge in [0.25, 0.3) is 5.91 Å². The predicted octanol–water partition coefficient (Wildman–Crippen LogP) is 2.79. The van der Waals surface area contributed by atoms with E-state index in [0.29, 0.717) is 13.1 Å². The molecule has 2 aliphatic rings. The summed E-state index contributed by atoms with van der Waals surface area (Å²) in [4.78, 5) is 16.5. The van der Waals surface area contributed by atoms with Crippen molar-refractivity contribution < 1.29 is 18.8 Å². The van der Waals surface area contributed by atoms with E-state index >= 15 is 0 Å². The van der Waals surface area contributed by atoms with E-state index in [2.05, 4.69) is 10.1 Å². The molecule has 2 fully saturated rings. The molecule has 0 radical (unpaired) electrons. The normalized spacial score (nSPS) is 21.8. The molecular formula is C21H26FN3O3. The lowest BCUT2D eigenvalue weighted by molar-refractivity contribution is 0.0441. The topological polar surface area (TPSA) is 69.8 Å².